The molecule has 0 radical (unpaired) electrons. The van der Waals surface area contributed by atoms with E-state index in [1.165, 1.54) is 18.4 Å². The van der Waals surface area contributed by atoms with Crippen molar-refractivity contribution < 1.29 is 9.59 Å². The molecule has 2 N–H and O–H groups in total. The number of benzene rings is 1. The summed E-state index contributed by atoms with van der Waals surface area (Å²) in [5.41, 5.74) is 2.09. The zero-order valence-electron chi connectivity index (χ0n) is 15.8. The third kappa shape index (κ3) is 5.23. The third-order valence-electron chi connectivity index (χ3n) is 6.06. The minimum absolute atomic E-state index is 0. The van der Waals surface area contributed by atoms with Crippen molar-refractivity contribution >= 4 is 29.9 Å². The van der Waals surface area contributed by atoms with Gasteiger partial charge in [0, 0.05) is 37.2 Å². The van der Waals surface area contributed by atoms with Crippen LogP contribution >= 0.6 is 12.4 Å². The van der Waals surface area contributed by atoms with Crippen LogP contribution in [0.2, 0.25) is 0 Å². The zero-order chi connectivity index (χ0) is 17.9. The van der Waals surface area contributed by atoms with Gasteiger partial charge in [0.1, 0.15) is 0 Å². The molecule has 0 bridgehead atoms. The number of rotatable bonds is 6. The first-order valence-corrected chi connectivity index (χ1v) is 10.1. The molecule has 1 saturated carbocycles. The van der Waals surface area contributed by atoms with Crippen LogP contribution in [0, 0.1) is 11.8 Å². The Morgan fingerprint density at radius 2 is 1.89 bits per heavy atom. The second-order valence-electron chi connectivity index (χ2n) is 8.09. The molecule has 1 atom stereocenters. The van der Waals surface area contributed by atoms with Gasteiger partial charge in [-0.15, -0.1) is 12.4 Å². The van der Waals surface area contributed by atoms with Crippen LogP contribution in [0.3, 0.4) is 0 Å². The van der Waals surface area contributed by atoms with Crippen molar-refractivity contribution in [3.63, 3.8) is 0 Å². The summed E-state index contributed by atoms with van der Waals surface area (Å²) in [7, 11) is 0. The van der Waals surface area contributed by atoms with E-state index in [4.69, 9.17) is 0 Å². The predicted octanol–water partition coefficient (Wildman–Crippen LogP) is 2.99. The molecule has 4 rings (SSSR count). The van der Waals surface area contributed by atoms with Gasteiger partial charge in [-0.3, -0.25) is 9.59 Å². The smallest absolute Gasteiger partial charge is 0.227 e. The Morgan fingerprint density at radius 3 is 2.63 bits per heavy atom. The quantitative estimate of drug-likeness (QED) is 0.783. The van der Waals surface area contributed by atoms with Crippen LogP contribution in [0.5, 0.6) is 0 Å². The largest absolute Gasteiger partial charge is 0.343 e. The average Bonchev–Trinajstić information content (AvgIpc) is 3.49. The number of hydrogen-bond acceptors (Lipinski definition) is 3. The highest BCUT2D eigenvalue weighted by Gasteiger charge is 2.29. The lowest BCUT2D eigenvalue weighted by molar-refractivity contribution is -0.132. The molecule has 27 heavy (non-hydrogen) atoms. The SMILES string of the molecule is Cl.O=C1Nc2ccccc2CC1CCC(=O)N1CCC(NCC2CC2)CC1. The topological polar surface area (TPSA) is 61.4 Å². The lowest BCUT2D eigenvalue weighted by Gasteiger charge is -2.33. The summed E-state index contributed by atoms with van der Waals surface area (Å²) in [6.07, 6.45) is 6.71. The molecule has 1 unspecified atom stereocenters. The van der Waals surface area contributed by atoms with Crippen LogP contribution in [0.25, 0.3) is 0 Å². The van der Waals surface area contributed by atoms with Gasteiger partial charge in [-0.05, 0) is 62.6 Å². The molecular weight excluding hydrogens is 362 g/mol. The molecule has 1 aromatic carbocycles. The number of halogens is 1. The number of fused-ring (bicyclic) bond motifs is 1. The number of hydrogen-bond donors (Lipinski definition) is 2. The van der Waals surface area contributed by atoms with Gasteiger partial charge in [0.15, 0.2) is 0 Å². The first kappa shape index (κ1) is 20.2. The number of piperidine rings is 1. The molecule has 0 aromatic heterocycles. The Hall–Kier alpha value is -1.59. The van der Waals surface area contributed by atoms with Gasteiger partial charge in [0.2, 0.25) is 11.8 Å². The van der Waals surface area contributed by atoms with Crippen molar-refractivity contribution in [1.82, 2.24) is 10.2 Å². The maximum absolute atomic E-state index is 12.5. The molecule has 6 heteroatoms. The fourth-order valence-electron chi connectivity index (χ4n) is 4.09. The maximum atomic E-state index is 12.5. The number of para-hydroxylation sites is 1. The fourth-order valence-corrected chi connectivity index (χ4v) is 4.09. The maximum Gasteiger partial charge on any atom is 0.227 e. The van der Waals surface area contributed by atoms with E-state index >= 15 is 0 Å². The number of nitrogens with zero attached hydrogens (tertiary/aromatic N) is 1. The van der Waals surface area contributed by atoms with Crippen LogP contribution in [0.1, 0.15) is 44.1 Å². The number of amides is 2. The van der Waals surface area contributed by atoms with Gasteiger partial charge in [-0.25, -0.2) is 0 Å². The molecular formula is C21H30ClN3O2. The van der Waals surface area contributed by atoms with Crippen LogP contribution in [-0.2, 0) is 16.0 Å². The Morgan fingerprint density at radius 1 is 1.15 bits per heavy atom. The first-order valence-electron chi connectivity index (χ1n) is 10.1. The summed E-state index contributed by atoms with van der Waals surface area (Å²) in [6.45, 7) is 2.85. The van der Waals surface area contributed by atoms with Gasteiger partial charge in [-0.2, -0.15) is 0 Å². The van der Waals surface area contributed by atoms with E-state index in [1.807, 2.05) is 23.1 Å². The second kappa shape index (κ2) is 9.07. The van der Waals surface area contributed by atoms with Gasteiger partial charge >= 0.3 is 0 Å². The molecule has 148 valence electrons. The van der Waals surface area contributed by atoms with E-state index in [0.717, 1.165) is 50.5 Å². The minimum Gasteiger partial charge on any atom is -0.343 e. The molecule has 3 aliphatic rings. The second-order valence-corrected chi connectivity index (χ2v) is 8.09. The van der Waals surface area contributed by atoms with Gasteiger partial charge in [0.25, 0.3) is 0 Å². The third-order valence-corrected chi connectivity index (χ3v) is 6.06. The predicted molar refractivity (Wildman–Crippen MR) is 109 cm³/mol. The van der Waals surface area contributed by atoms with E-state index in [9.17, 15) is 9.59 Å². The van der Waals surface area contributed by atoms with E-state index in [0.29, 0.717) is 18.9 Å². The van der Waals surface area contributed by atoms with E-state index in [2.05, 4.69) is 16.7 Å². The molecule has 2 heterocycles. The molecule has 1 aromatic rings. The highest BCUT2D eigenvalue weighted by atomic mass is 35.5. The highest BCUT2D eigenvalue weighted by Crippen LogP contribution is 2.29. The Kier molecular flexibility index (Phi) is 6.77. The summed E-state index contributed by atoms with van der Waals surface area (Å²) in [5.74, 6) is 1.07. The lowest BCUT2D eigenvalue weighted by atomic mass is 9.89. The zero-order valence-corrected chi connectivity index (χ0v) is 16.6. The van der Waals surface area contributed by atoms with Crippen molar-refractivity contribution in [3.05, 3.63) is 29.8 Å². The molecule has 0 spiro atoms. The highest BCUT2D eigenvalue weighted by molar-refractivity contribution is 5.96. The standard InChI is InChI=1S/C21H29N3O2.ClH/c25-20(24-11-9-18(10-12-24)22-14-15-5-6-15)8-7-17-13-16-3-1-2-4-19(16)23-21(17)26;/h1-4,15,17-18,22H,5-14H2,(H,23,26);1H. The summed E-state index contributed by atoms with van der Waals surface area (Å²) >= 11 is 0. The molecule has 1 aliphatic carbocycles. The van der Waals surface area contributed by atoms with Crippen molar-refractivity contribution in [1.29, 1.82) is 0 Å². The van der Waals surface area contributed by atoms with Crippen molar-refractivity contribution in [2.45, 2.75) is 51.0 Å². The summed E-state index contributed by atoms with van der Waals surface area (Å²) < 4.78 is 0. The Labute approximate surface area is 167 Å². The Bertz CT molecular complexity index is 669. The minimum atomic E-state index is -0.0911. The average molecular weight is 392 g/mol. The molecule has 5 nitrogen and oxygen atoms in total. The first-order chi connectivity index (χ1) is 12.7. The van der Waals surface area contributed by atoms with E-state index < -0.39 is 0 Å². The summed E-state index contributed by atoms with van der Waals surface area (Å²) in [4.78, 5) is 26.8. The number of likely N-dealkylation sites (tertiary alicyclic amines) is 1. The van der Waals surface area contributed by atoms with Crippen LogP contribution in [0.15, 0.2) is 24.3 Å². The summed E-state index contributed by atoms with van der Waals surface area (Å²) in [6, 6.07) is 8.51. The number of nitrogens with one attached hydrogen (secondary N) is 2. The normalized spacial score (nSPS) is 22.6. The van der Waals surface area contributed by atoms with Gasteiger partial charge < -0.3 is 15.5 Å². The molecule has 2 fully saturated rings. The monoisotopic (exact) mass is 391 g/mol. The van der Waals surface area contributed by atoms with Gasteiger partial charge in [-0.1, -0.05) is 18.2 Å². The van der Waals surface area contributed by atoms with Gasteiger partial charge in [0.05, 0.1) is 0 Å². The fraction of sp³-hybridized carbons (Fsp3) is 0.619. The summed E-state index contributed by atoms with van der Waals surface area (Å²) in [5, 5.41) is 6.63. The van der Waals surface area contributed by atoms with Crippen molar-refractivity contribution in [2.75, 3.05) is 25.0 Å². The lowest BCUT2D eigenvalue weighted by Crippen LogP contribution is -2.45. The number of carbonyl (C=O) groups is 2. The Balaban J connectivity index is 0.00000210. The van der Waals surface area contributed by atoms with Crippen LogP contribution in [-0.4, -0.2) is 42.4 Å². The molecule has 2 aliphatic heterocycles. The van der Waals surface area contributed by atoms with Crippen molar-refractivity contribution in [3.8, 4) is 0 Å². The van der Waals surface area contributed by atoms with E-state index in [-0.39, 0.29) is 30.1 Å². The van der Waals surface area contributed by atoms with E-state index in [1.54, 1.807) is 0 Å². The molecule has 1 saturated heterocycles. The van der Waals surface area contributed by atoms with Crippen LogP contribution in [0.4, 0.5) is 5.69 Å². The number of carbonyl (C=O) groups excluding carboxylic acids is 2. The number of anilines is 1. The van der Waals surface area contributed by atoms with Crippen LogP contribution < -0.4 is 10.6 Å². The van der Waals surface area contributed by atoms with Crippen molar-refractivity contribution in [2.24, 2.45) is 11.8 Å². The molecule has 2 amide bonds.